The fourth-order valence-corrected chi connectivity index (χ4v) is 4.50. The largest absolute Gasteiger partial charge is 0.0654 e. The molecule has 0 unspecified atom stereocenters. The van der Waals surface area contributed by atoms with Gasteiger partial charge in [0, 0.05) is 8.95 Å². The molecule has 0 N–H and O–H groups in total. The number of halogens is 2. The zero-order valence-electron chi connectivity index (χ0n) is 14.9. The van der Waals surface area contributed by atoms with E-state index in [2.05, 4.69) is 69.1 Å². The lowest BCUT2D eigenvalue weighted by Crippen LogP contribution is -1.87. The molecule has 24 heavy (non-hydrogen) atoms. The Labute approximate surface area is 165 Å². The van der Waals surface area contributed by atoms with E-state index in [1.54, 1.807) is 0 Å². The summed E-state index contributed by atoms with van der Waals surface area (Å²) >= 11 is 7.51. The summed E-state index contributed by atoms with van der Waals surface area (Å²) in [4.78, 5) is 0. The van der Waals surface area contributed by atoms with Crippen molar-refractivity contribution in [1.29, 1.82) is 0 Å². The highest BCUT2D eigenvalue weighted by atomic mass is 79.9. The van der Waals surface area contributed by atoms with Gasteiger partial charge in [-0.3, -0.25) is 0 Å². The molecule has 2 aliphatic carbocycles. The average Bonchev–Trinajstić information content (AvgIpc) is 2.99. The lowest BCUT2D eigenvalue weighted by molar-refractivity contribution is 0.556. The van der Waals surface area contributed by atoms with Gasteiger partial charge in [-0.05, 0) is 41.7 Å². The molecule has 0 aliphatic heterocycles. The molecule has 0 heterocycles. The zero-order valence-corrected chi connectivity index (χ0v) is 18.1. The summed E-state index contributed by atoms with van der Waals surface area (Å²) in [7, 11) is 0. The van der Waals surface area contributed by atoms with Crippen LogP contribution in [0.15, 0.2) is 39.3 Å². The standard InChI is InChI=1S/C22H30Br2/c1-2-3-4-5-6-7-8-9-10-11-13-19-17-22(24)20-15-12-14-18(20)16-21(19)23/h12,14-17H,2-11,13H2,1H3. The predicted octanol–water partition coefficient (Wildman–Crippen LogP) is 8.78. The highest BCUT2D eigenvalue weighted by Gasteiger charge is 2.09. The van der Waals surface area contributed by atoms with Crippen molar-refractivity contribution in [1.82, 2.24) is 0 Å². The maximum atomic E-state index is 3.77. The molecule has 0 amide bonds. The van der Waals surface area contributed by atoms with Gasteiger partial charge < -0.3 is 0 Å². The Morgan fingerprint density at radius 3 is 2.00 bits per heavy atom. The van der Waals surface area contributed by atoms with Gasteiger partial charge in [0.05, 0.1) is 0 Å². The van der Waals surface area contributed by atoms with E-state index in [0.717, 1.165) is 6.42 Å². The minimum Gasteiger partial charge on any atom is -0.0654 e. The van der Waals surface area contributed by atoms with Crippen molar-refractivity contribution in [3.63, 3.8) is 0 Å². The normalized spacial score (nSPS) is 11.3. The molecular weight excluding hydrogens is 424 g/mol. The maximum absolute atomic E-state index is 3.77. The van der Waals surface area contributed by atoms with Crippen molar-refractivity contribution in [2.45, 2.75) is 77.6 Å². The van der Waals surface area contributed by atoms with Crippen molar-refractivity contribution < 1.29 is 0 Å². The van der Waals surface area contributed by atoms with E-state index in [1.807, 2.05) is 0 Å². The minimum absolute atomic E-state index is 1.16. The van der Waals surface area contributed by atoms with Gasteiger partial charge in [0.1, 0.15) is 0 Å². The fraction of sp³-hybridized carbons (Fsp3) is 0.545. The molecule has 132 valence electrons. The number of unbranched alkanes of at least 4 members (excludes halogenated alkanes) is 9. The van der Waals surface area contributed by atoms with Crippen LogP contribution in [0.3, 0.4) is 0 Å². The molecule has 0 spiro atoms. The van der Waals surface area contributed by atoms with Crippen LogP contribution in [0.5, 0.6) is 0 Å². The minimum atomic E-state index is 1.16. The number of rotatable bonds is 11. The summed E-state index contributed by atoms with van der Waals surface area (Å²) in [6, 6.07) is 11.0. The van der Waals surface area contributed by atoms with Crippen LogP contribution >= 0.6 is 31.9 Å². The molecule has 0 nitrogen and oxygen atoms in total. The Kier molecular flexibility index (Phi) is 9.41. The molecule has 2 aliphatic rings. The van der Waals surface area contributed by atoms with Crippen molar-refractivity contribution in [2.24, 2.45) is 0 Å². The molecule has 0 aromatic carbocycles. The van der Waals surface area contributed by atoms with E-state index in [1.165, 1.54) is 89.8 Å². The van der Waals surface area contributed by atoms with E-state index in [4.69, 9.17) is 0 Å². The van der Waals surface area contributed by atoms with Crippen LogP contribution in [-0.4, -0.2) is 0 Å². The van der Waals surface area contributed by atoms with E-state index in [9.17, 15) is 0 Å². The highest BCUT2D eigenvalue weighted by molar-refractivity contribution is 9.11. The van der Waals surface area contributed by atoms with Gasteiger partial charge in [0.25, 0.3) is 0 Å². The van der Waals surface area contributed by atoms with Crippen LogP contribution < -0.4 is 0 Å². The number of hydrogen-bond acceptors (Lipinski definition) is 0. The Morgan fingerprint density at radius 2 is 1.33 bits per heavy atom. The lowest BCUT2D eigenvalue weighted by Gasteiger charge is -2.03. The zero-order chi connectivity index (χ0) is 17.2. The maximum Gasteiger partial charge on any atom is 0.0256 e. The molecule has 0 aromatic rings. The summed E-state index contributed by atoms with van der Waals surface area (Å²) in [5.74, 6) is 0. The molecular formula is C22H30Br2. The monoisotopic (exact) mass is 452 g/mol. The quantitative estimate of drug-likeness (QED) is 0.298. The molecule has 0 atom stereocenters. The molecule has 0 bridgehead atoms. The van der Waals surface area contributed by atoms with Crippen molar-refractivity contribution in [2.75, 3.05) is 0 Å². The van der Waals surface area contributed by atoms with Crippen molar-refractivity contribution >= 4 is 31.9 Å². The third kappa shape index (κ3) is 6.52. The predicted molar refractivity (Wildman–Crippen MR) is 114 cm³/mol. The van der Waals surface area contributed by atoms with Gasteiger partial charge in [-0.2, -0.15) is 0 Å². The van der Waals surface area contributed by atoms with Crippen LogP contribution in [0.2, 0.25) is 0 Å². The van der Waals surface area contributed by atoms with Crippen LogP contribution in [-0.2, 0) is 6.42 Å². The Balaban J connectivity index is 1.69. The van der Waals surface area contributed by atoms with E-state index in [-0.39, 0.29) is 0 Å². The molecule has 0 saturated heterocycles. The van der Waals surface area contributed by atoms with Crippen LogP contribution in [0, 0.1) is 0 Å². The van der Waals surface area contributed by atoms with Gasteiger partial charge in [0.15, 0.2) is 0 Å². The second-order valence-electron chi connectivity index (χ2n) is 6.84. The van der Waals surface area contributed by atoms with Gasteiger partial charge in [0.2, 0.25) is 0 Å². The first-order valence-electron chi connectivity index (χ1n) is 9.59. The van der Waals surface area contributed by atoms with Crippen LogP contribution in [0.1, 0.15) is 76.7 Å². The number of aryl methyl sites for hydroxylation is 1. The first kappa shape index (κ1) is 20.0. The average molecular weight is 454 g/mol. The summed E-state index contributed by atoms with van der Waals surface area (Å²) in [6.45, 7) is 2.28. The summed E-state index contributed by atoms with van der Waals surface area (Å²) in [5.41, 5.74) is 4.01. The molecule has 2 heteroatoms. The second-order valence-corrected chi connectivity index (χ2v) is 8.55. The number of hydrogen-bond donors (Lipinski definition) is 0. The highest BCUT2D eigenvalue weighted by Crippen LogP contribution is 2.34. The first-order chi connectivity index (χ1) is 11.7. The number of fused-ring (bicyclic) bond motifs is 1. The van der Waals surface area contributed by atoms with E-state index < -0.39 is 0 Å². The SMILES string of the molecule is CCCCCCCCCCCCc1cc(Br)c2cccc-2cc1Br. The Morgan fingerprint density at radius 1 is 0.708 bits per heavy atom. The van der Waals surface area contributed by atoms with Gasteiger partial charge in [-0.15, -0.1) is 0 Å². The summed E-state index contributed by atoms with van der Waals surface area (Å²) in [6.07, 6.45) is 15.1. The van der Waals surface area contributed by atoms with Gasteiger partial charge in [-0.25, -0.2) is 0 Å². The van der Waals surface area contributed by atoms with Crippen LogP contribution in [0.25, 0.3) is 11.1 Å². The fourth-order valence-electron chi connectivity index (χ4n) is 3.30. The van der Waals surface area contributed by atoms with Gasteiger partial charge in [-0.1, -0.05) is 115 Å². The Hall–Kier alpha value is -0.340. The van der Waals surface area contributed by atoms with Crippen LogP contribution in [0.4, 0.5) is 0 Å². The second kappa shape index (κ2) is 11.3. The molecule has 2 rings (SSSR count). The lowest BCUT2D eigenvalue weighted by atomic mass is 10.0. The van der Waals surface area contributed by atoms with Gasteiger partial charge >= 0.3 is 0 Å². The third-order valence-corrected chi connectivity index (χ3v) is 6.19. The smallest absolute Gasteiger partial charge is 0.0256 e. The first-order valence-corrected chi connectivity index (χ1v) is 11.2. The van der Waals surface area contributed by atoms with Crippen molar-refractivity contribution in [3.05, 3.63) is 44.8 Å². The summed E-state index contributed by atoms with van der Waals surface area (Å²) in [5, 5.41) is 0. The third-order valence-electron chi connectivity index (χ3n) is 4.80. The molecule has 0 saturated carbocycles. The topological polar surface area (TPSA) is 0 Å². The Bertz CT molecular complexity index is 577. The van der Waals surface area contributed by atoms with E-state index in [0.29, 0.717) is 0 Å². The molecule has 0 aromatic heterocycles. The molecule has 0 fully saturated rings. The summed E-state index contributed by atoms with van der Waals surface area (Å²) < 4.78 is 2.44. The van der Waals surface area contributed by atoms with E-state index >= 15 is 0 Å². The van der Waals surface area contributed by atoms with Crippen molar-refractivity contribution in [3.8, 4) is 11.1 Å². The molecule has 0 radical (unpaired) electrons.